The highest BCUT2D eigenvalue weighted by Gasteiger charge is 2.20. The van der Waals surface area contributed by atoms with Gasteiger partial charge in [-0.05, 0) is 42.8 Å². The molecule has 0 saturated carbocycles. The van der Waals surface area contributed by atoms with Crippen molar-refractivity contribution in [1.82, 2.24) is 19.7 Å². The van der Waals surface area contributed by atoms with E-state index < -0.39 is 10.0 Å². The molecule has 2 aromatic heterocycles. The third-order valence-corrected chi connectivity index (χ3v) is 4.86. The van der Waals surface area contributed by atoms with Crippen molar-refractivity contribution < 1.29 is 13.2 Å². The molecule has 24 heavy (non-hydrogen) atoms. The number of methoxy groups -OCH3 is 1. The van der Waals surface area contributed by atoms with Crippen LogP contribution in [0, 0.1) is 6.92 Å². The summed E-state index contributed by atoms with van der Waals surface area (Å²) in [5.41, 5.74) is 0.881. The van der Waals surface area contributed by atoms with Crippen LogP contribution >= 0.6 is 0 Å². The van der Waals surface area contributed by atoms with Crippen LogP contribution in [0.15, 0.2) is 54.1 Å². The second-order valence-corrected chi connectivity index (χ2v) is 6.60. The van der Waals surface area contributed by atoms with Crippen LogP contribution in [0.5, 0.6) is 5.75 Å². The summed E-state index contributed by atoms with van der Waals surface area (Å²) < 4.78 is 34.5. The van der Waals surface area contributed by atoms with E-state index in [1.165, 1.54) is 30.5 Å². The predicted molar refractivity (Wildman–Crippen MR) is 87.7 cm³/mol. The topological polar surface area (TPSA) is 99.0 Å². The van der Waals surface area contributed by atoms with Crippen LogP contribution < -0.4 is 9.46 Å². The van der Waals surface area contributed by atoms with Crippen LogP contribution in [0.25, 0.3) is 5.82 Å². The third-order valence-electron chi connectivity index (χ3n) is 3.34. The second kappa shape index (κ2) is 6.28. The molecule has 1 aromatic carbocycles. The van der Waals surface area contributed by atoms with Gasteiger partial charge in [0.1, 0.15) is 18.4 Å². The molecule has 0 fully saturated rings. The van der Waals surface area contributed by atoms with E-state index in [0.29, 0.717) is 22.8 Å². The van der Waals surface area contributed by atoms with Gasteiger partial charge in [0.2, 0.25) is 0 Å². The van der Waals surface area contributed by atoms with Gasteiger partial charge in [-0.2, -0.15) is 5.10 Å². The molecular weight excluding hydrogens is 330 g/mol. The molecule has 0 saturated heterocycles. The van der Waals surface area contributed by atoms with Gasteiger partial charge in [0.05, 0.1) is 17.7 Å². The molecule has 0 atom stereocenters. The number of hydrogen-bond donors (Lipinski definition) is 1. The molecule has 3 rings (SSSR count). The number of nitrogens with zero attached hydrogens (tertiary/aromatic N) is 4. The van der Waals surface area contributed by atoms with Gasteiger partial charge in [-0.15, -0.1) is 0 Å². The van der Waals surface area contributed by atoms with Crippen molar-refractivity contribution in [3.8, 4) is 11.6 Å². The third kappa shape index (κ3) is 3.06. The summed E-state index contributed by atoms with van der Waals surface area (Å²) in [5.74, 6) is 0.931. The largest absolute Gasteiger partial charge is 0.497 e. The van der Waals surface area contributed by atoms with Gasteiger partial charge in [0, 0.05) is 6.20 Å². The zero-order valence-corrected chi connectivity index (χ0v) is 13.9. The SMILES string of the molecule is COc1ccc(S(=O)(=O)Nc2cccnc2-n2cncn2)c(C)c1. The van der Waals surface area contributed by atoms with Crippen LogP contribution in [-0.4, -0.2) is 35.3 Å². The highest BCUT2D eigenvalue weighted by molar-refractivity contribution is 7.92. The van der Waals surface area contributed by atoms with E-state index in [2.05, 4.69) is 19.8 Å². The molecule has 0 bridgehead atoms. The van der Waals surface area contributed by atoms with Crippen LogP contribution in [0.3, 0.4) is 0 Å². The van der Waals surface area contributed by atoms with Crippen LogP contribution in [-0.2, 0) is 10.0 Å². The van der Waals surface area contributed by atoms with E-state index in [0.717, 1.165) is 0 Å². The molecule has 2 heterocycles. The molecule has 8 nitrogen and oxygen atoms in total. The minimum Gasteiger partial charge on any atom is -0.497 e. The molecule has 3 aromatic rings. The molecule has 0 unspecified atom stereocenters. The van der Waals surface area contributed by atoms with Crippen molar-refractivity contribution in [2.45, 2.75) is 11.8 Å². The van der Waals surface area contributed by atoms with Crippen LogP contribution in [0.2, 0.25) is 0 Å². The van der Waals surface area contributed by atoms with Crippen molar-refractivity contribution in [3.05, 3.63) is 54.7 Å². The molecule has 0 aliphatic heterocycles. The van der Waals surface area contributed by atoms with Gasteiger partial charge in [0.15, 0.2) is 5.82 Å². The maximum absolute atomic E-state index is 12.7. The van der Waals surface area contributed by atoms with Gasteiger partial charge < -0.3 is 4.74 Å². The quantitative estimate of drug-likeness (QED) is 0.757. The number of anilines is 1. The summed E-state index contributed by atoms with van der Waals surface area (Å²) in [5, 5.41) is 3.98. The number of hydrogen-bond acceptors (Lipinski definition) is 6. The van der Waals surface area contributed by atoms with E-state index >= 15 is 0 Å². The number of aromatic nitrogens is 4. The Morgan fingerprint density at radius 3 is 2.75 bits per heavy atom. The Bertz CT molecular complexity index is 955. The van der Waals surface area contributed by atoms with Crippen molar-refractivity contribution in [1.29, 1.82) is 0 Å². The fourth-order valence-electron chi connectivity index (χ4n) is 2.23. The average molecular weight is 345 g/mol. The maximum Gasteiger partial charge on any atom is 0.262 e. The number of ether oxygens (including phenoxy) is 1. The number of rotatable bonds is 5. The van der Waals surface area contributed by atoms with E-state index in [1.807, 2.05) is 0 Å². The summed E-state index contributed by atoms with van der Waals surface area (Å²) >= 11 is 0. The van der Waals surface area contributed by atoms with Gasteiger partial charge in [0.25, 0.3) is 10.0 Å². The van der Waals surface area contributed by atoms with E-state index in [9.17, 15) is 8.42 Å². The van der Waals surface area contributed by atoms with E-state index in [1.54, 1.807) is 37.4 Å². The predicted octanol–water partition coefficient (Wildman–Crippen LogP) is 1.78. The fraction of sp³-hybridized carbons (Fsp3) is 0.133. The van der Waals surface area contributed by atoms with Gasteiger partial charge in [-0.3, -0.25) is 4.72 Å². The normalized spacial score (nSPS) is 11.2. The minimum absolute atomic E-state index is 0.164. The summed E-state index contributed by atoms with van der Waals surface area (Å²) in [6.07, 6.45) is 4.34. The van der Waals surface area contributed by atoms with Crippen molar-refractivity contribution in [2.75, 3.05) is 11.8 Å². The summed E-state index contributed by atoms with van der Waals surface area (Å²) in [6, 6.07) is 8.01. The molecule has 0 aliphatic rings. The fourth-order valence-corrected chi connectivity index (χ4v) is 3.52. The molecule has 124 valence electrons. The standard InChI is InChI=1S/C15H15N5O3S/c1-11-8-12(23-2)5-6-14(11)24(21,22)19-13-4-3-7-17-15(13)20-10-16-9-18-20/h3-10,19H,1-2H3. The average Bonchev–Trinajstić information content (AvgIpc) is 3.09. The Hall–Kier alpha value is -2.94. The monoisotopic (exact) mass is 345 g/mol. The number of aryl methyl sites for hydroxylation is 1. The zero-order valence-electron chi connectivity index (χ0n) is 13.0. The smallest absolute Gasteiger partial charge is 0.262 e. The first-order valence-electron chi connectivity index (χ1n) is 6.99. The summed E-state index contributed by atoms with van der Waals surface area (Å²) in [4.78, 5) is 8.17. The second-order valence-electron chi connectivity index (χ2n) is 4.95. The lowest BCUT2D eigenvalue weighted by Gasteiger charge is -2.13. The van der Waals surface area contributed by atoms with Gasteiger partial charge in [-0.1, -0.05) is 0 Å². The van der Waals surface area contributed by atoms with Crippen molar-refractivity contribution >= 4 is 15.7 Å². The Morgan fingerprint density at radius 2 is 2.08 bits per heavy atom. The first kappa shape index (κ1) is 15.9. The lowest BCUT2D eigenvalue weighted by Crippen LogP contribution is -2.16. The first-order chi connectivity index (χ1) is 11.5. The molecule has 0 amide bonds. The van der Waals surface area contributed by atoms with Crippen molar-refractivity contribution in [2.24, 2.45) is 0 Å². The summed E-state index contributed by atoms with van der Waals surface area (Å²) in [7, 11) is -2.26. The maximum atomic E-state index is 12.7. The Kier molecular flexibility index (Phi) is 4.17. The van der Waals surface area contributed by atoms with Crippen molar-refractivity contribution in [3.63, 3.8) is 0 Å². The Morgan fingerprint density at radius 1 is 1.25 bits per heavy atom. The first-order valence-corrected chi connectivity index (χ1v) is 8.47. The number of sulfonamides is 1. The van der Waals surface area contributed by atoms with Crippen LogP contribution in [0.4, 0.5) is 5.69 Å². The molecule has 0 radical (unpaired) electrons. The number of nitrogens with one attached hydrogen (secondary N) is 1. The van der Waals surface area contributed by atoms with E-state index in [4.69, 9.17) is 4.74 Å². The molecule has 0 spiro atoms. The molecule has 9 heteroatoms. The van der Waals surface area contributed by atoms with Gasteiger partial charge >= 0.3 is 0 Å². The zero-order chi connectivity index (χ0) is 17.2. The minimum atomic E-state index is -3.79. The molecular formula is C15H15N5O3S. The lowest BCUT2D eigenvalue weighted by molar-refractivity contribution is 0.414. The molecule has 1 N–H and O–H groups in total. The highest BCUT2D eigenvalue weighted by atomic mass is 32.2. The Balaban J connectivity index is 1.99. The Labute approximate surface area is 139 Å². The lowest BCUT2D eigenvalue weighted by atomic mass is 10.2. The van der Waals surface area contributed by atoms with E-state index in [-0.39, 0.29) is 4.90 Å². The summed E-state index contributed by atoms with van der Waals surface area (Å²) in [6.45, 7) is 1.71. The number of benzene rings is 1. The number of pyridine rings is 1. The molecule has 0 aliphatic carbocycles. The van der Waals surface area contributed by atoms with Gasteiger partial charge in [-0.25, -0.2) is 23.1 Å². The highest BCUT2D eigenvalue weighted by Crippen LogP contribution is 2.25. The van der Waals surface area contributed by atoms with Crippen LogP contribution in [0.1, 0.15) is 5.56 Å².